The largest absolute Gasteiger partial charge is 0.448 e. The van der Waals surface area contributed by atoms with Gasteiger partial charge in [-0.1, -0.05) is 27.7 Å². The van der Waals surface area contributed by atoms with Crippen LogP contribution < -0.4 is 0 Å². The summed E-state index contributed by atoms with van der Waals surface area (Å²) in [5.41, 5.74) is 1.47. The number of hydrogen-bond acceptors (Lipinski definition) is 2. The predicted molar refractivity (Wildman–Crippen MR) is 56.4 cm³/mol. The van der Waals surface area contributed by atoms with E-state index in [2.05, 4.69) is 32.7 Å². The van der Waals surface area contributed by atoms with E-state index in [9.17, 15) is 0 Å². The van der Waals surface area contributed by atoms with Crippen molar-refractivity contribution in [3.8, 4) is 0 Å². The molecule has 0 N–H and O–H groups in total. The Labute approximate surface area is 89.7 Å². The Morgan fingerprint density at radius 2 is 1.93 bits per heavy atom. The van der Waals surface area contributed by atoms with Gasteiger partial charge in [0.05, 0.1) is 11.6 Å². The van der Waals surface area contributed by atoms with Crippen molar-refractivity contribution in [3.63, 3.8) is 0 Å². The molecule has 1 fully saturated rings. The Morgan fingerprint density at radius 1 is 1.36 bits per heavy atom. The molecule has 0 spiro atoms. The average Bonchev–Trinajstić information content (AvgIpc) is 2.51. The number of hydrogen-bond donors (Lipinski definition) is 0. The van der Waals surface area contributed by atoms with Crippen LogP contribution in [0.25, 0.3) is 0 Å². The number of aromatic nitrogens is 1. The standard InChI is InChI=1S/C11H16ClNO/c1-10(2)9(11(10,3)4)8-7(5-12)13-6-14-8/h6,9H,5H2,1-4H3. The zero-order valence-electron chi connectivity index (χ0n) is 9.10. The lowest BCUT2D eigenvalue weighted by Crippen LogP contribution is -1.95. The molecule has 0 aliphatic heterocycles. The van der Waals surface area contributed by atoms with Crippen LogP contribution in [0.4, 0.5) is 0 Å². The van der Waals surface area contributed by atoms with E-state index in [-0.39, 0.29) is 10.8 Å². The molecule has 1 aliphatic rings. The molecule has 1 aromatic rings. The monoisotopic (exact) mass is 213 g/mol. The van der Waals surface area contributed by atoms with E-state index in [0.717, 1.165) is 11.5 Å². The normalized spacial score (nSPS) is 23.8. The van der Waals surface area contributed by atoms with Crippen LogP contribution in [0.1, 0.15) is 45.1 Å². The second-order valence-corrected chi connectivity index (χ2v) is 5.44. The Morgan fingerprint density at radius 3 is 2.36 bits per heavy atom. The highest BCUT2D eigenvalue weighted by atomic mass is 35.5. The van der Waals surface area contributed by atoms with Crippen LogP contribution in [0.5, 0.6) is 0 Å². The van der Waals surface area contributed by atoms with Gasteiger partial charge in [0, 0.05) is 5.92 Å². The highest BCUT2D eigenvalue weighted by Crippen LogP contribution is 2.73. The lowest BCUT2D eigenvalue weighted by atomic mass is 10.0. The summed E-state index contributed by atoms with van der Waals surface area (Å²) in [5.74, 6) is 1.87. The first-order valence-corrected chi connectivity index (χ1v) is 5.44. The lowest BCUT2D eigenvalue weighted by molar-refractivity contribution is 0.457. The Balaban J connectivity index is 2.36. The van der Waals surface area contributed by atoms with Crippen molar-refractivity contribution in [2.24, 2.45) is 10.8 Å². The van der Waals surface area contributed by atoms with Crippen LogP contribution >= 0.6 is 11.6 Å². The fourth-order valence-corrected chi connectivity index (χ4v) is 2.67. The fraction of sp³-hybridized carbons (Fsp3) is 0.727. The molecule has 1 aromatic heterocycles. The van der Waals surface area contributed by atoms with E-state index in [4.69, 9.17) is 16.0 Å². The zero-order valence-corrected chi connectivity index (χ0v) is 9.85. The van der Waals surface area contributed by atoms with Crippen molar-refractivity contribution >= 4 is 11.6 Å². The molecular formula is C11H16ClNO. The van der Waals surface area contributed by atoms with Crippen molar-refractivity contribution in [1.82, 2.24) is 4.98 Å². The molecule has 0 unspecified atom stereocenters. The molecule has 0 bridgehead atoms. The van der Waals surface area contributed by atoms with Gasteiger partial charge in [-0.05, 0) is 10.8 Å². The smallest absolute Gasteiger partial charge is 0.181 e. The Bertz CT molecular complexity index is 340. The van der Waals surface area contributed by atoms with Crippen LogP contribution in [-0.2, 0) is 5.88 Å². The molecular weight excluding hydrogens is 198 g/mol. The fourth-order valence-electron chi connectivity index (χ4n) is 2.47. The molecule has 1 saturated carbocycles. The molecule has 0 amide bonds. The van der Waals surface area contributed by atoms with E-state index in [1.54, 1.807) is 0 Å². The van der Waals surface area contributed by atoms with E-state index >= 15 is 0 Å². The third-order valence-electron chi connectivity index (χ3n) is 4.08. The predicted octanol–water partition coefficient (Wildman–Crippen LogP) is 3.56. The van der Waals surface area contributed by atoms with Gasteiger partial charge in [0.15, 0.2) is 6.39 Å². The number of halogens is 1. The first-order chi connectivity index (χ1) is 6.43. The van der Waals surface area contributed by atoms with Gasteiger partial charge >= 0.3 is 0 Å². The van der Waals surface area contributed by atoms with E-state index < -0.39 is 0 Å². The van der Waals surface area contributed by atoms with Crippen LogP contribution in [0.2, 0.25) is 0 Å². The third kappa shape index (κ3) is 1.07. The molecule has 0 aromatic carbocycles. The summed E-state index contributed by atoms with van der Waals surface area (Å²) in [4.78, 5) is 4.13. The summed E-state index contributed by atoms with van der Waals surface area (Å²) in [5, 5.41) is 0. The van der Waals surface area contributed by atoms with Crippen LogP contribution in [0.15, 0.2) is 10.8 Å². The van der Waals surface area contributed by atoms with E-state index in [1.165, 1.54) is 6.39 Å². The maximum Gasteiger partial charge on any atom is 0.181 e. The molecule has 1 heterocycles. The van der Waals surface area contributed by atoms with Gasteiger partial charge in [0.1, 0.15) is 5.76 Å². The van der Waals surface area contributed by atoms with Gasteiger partial charge in [0.2, 0.25) is 0 Å². The van der Waals surface area contributed by atoms with Crippen molar-refractivity contribution < 1.29 is 4.42 Å². The highest BCUT2D eigenvalue weighted by molar-refractivity contribution is 6.16. The number of oxazole rings is 1. The van der Waals surface area contributed by atoms with Crippen LogP contribution in [0, 0.1) is 10.8 Å². The molecule has 3 heteroatoms. The van der Waals surface area contributed by atoms with E-state index in [0.29, 0.717) is 11.8 Å². The summed E-state index contributed by atoms with van der Waals surface area (Å²) >= 11 is 5.81. The average molecular weight is 214 g/mol. The van der Waals surface area contributed by atoms with Gasteiger partial charge in [-0.15, -0.1) is 11.6 Å². The number of nitrogens with zero attached hydrogens (tertiary/aromatic N) is 1. The summed E-state index contributed by atoms with van der Waals surface area (Å²) in [6, 6.07) is 0. The molecule has 78 valence electrons. The van der Waals surface area contributed by atoms with Gasteiger partial charge < -0.3 is 4.42 Å². The quantitative estimate of drug-likeness (QED) is 0.703. The molecule has 0 saturated heterocycles. The number of rotatable bonds is 2. The maximum atomic E-state index is 5.81. The van der Waals surface area contributed by atoms with Crippen molar-refractivity contribution in [1.29, 1.82) is 0 Å². The molecule has 1 aliphatic carbocycles. The molecule has 0 radical (unpaired) electrons. The lowest BCUT2D eigenvalue weighted by Gasteiger charge is -2.03. The van der Waals surface area contributed by atoms with Crippen LogP contribution in [0.3, 0.4) is 0 Å². The zero-order chi connectivity index (χ0) is 10.6. The first kappa shape index (κ1) is 10.0. The first-order valence-electron chi connectivity index (χ1n) is 4.91. The minimum Gasteiger partial charge on any atom is -0.448 e. The van der Waals surface area contributed by atoms with Crippen molar-refractivity contribution in [3.05, 3.63) is 17.8 Å². The minimum absolute atomic E-state index is 0.285. The summed E-state index contributed by atoms with van der Waals surface area (Å²) < 4.78 is 5.46. The number of alkyl halides is 1. The maximum absolute atomic E-state index is 5.81. The Kier molecular flexibility index (Phi) is 1.97. The SMILES string of the molecule is CC1(C)C(c2ocnc2CCl)C1(C)C. The van der Waals surface area contributed by atoms with Gasteiger partial charge in [-0.3, -0.25) is 0 Å². The summed E-state index contributed by atoms with van der Waals surface area (Å²) in [6.07, 6.45) is 1.50. The molecule has 14 heavy (non-hydrogen) atoms. The van der Waals surface area contributed by atoms with Crippen molar-refractivity contribution in [2.75, 3.05) is 0 Å². The Hall–Kier alpha value is -0.500. The molecule has 2 rings (SSSR count). The summed E-state index contributed by atoms with van der Waals surface area (Å²) in [6.45, 7) is 9.05. The van der Waals surface area contributed by atoms with Gasteiger partial charge in [-0.25, -0.2) is 4.98 Å². The van der Waals surface area contributed by atoms with Crippen molar-refractivity contribution in [2.45, 2.75) is 39.5 Å². The summed E-state index contributed by atoms with van der Waals surface area (Å²) in [7, 11) is 0. The third-order valence-corrected chi connectivity index (χ3v) is 4.34. The van der Waals surface area contributed by atoms with Gasteiger partial charge in [0.25, 0.3) is 0 Å². The molecule has 2 nitrogen and oxygen atoms in total. The minimum atomic E-state index is 0.285. The second-order valence-electron chi connectivity index (χ2n) is 5.17. The van der Waals surface area contributed by atoms with E-state index in [1.807, 2.05) is 0 Å². The van der Waals surface area contributed by atoms with Gasteiger partial charge in [-0.2, -0.15) is 0 Å². The topological polar surface area (TPSA) is 26.0 Å². The van der Waals surface area contributed by atoms with Crippen LogP contribution in [-0.4, -0.2) is 4.98 Å². The second kappa shape index (κ2) is 2.75. The molecule has 0 atom stereocenters. The highest BCUT2D eigenvalue weighted by Gasteiger charge is 2.67.